The van der Waals surface area contributed by atoms with E-state index in [1.807, 2.05) is 86.6 Å². The Morgan fingerprint density at radius 1 is 0.871 bits per heavy atom. The van der Waals surface area contributed by atoms with Gasteiger partial charge in [0.05, 0.1) is 5.69 Å². The molecular weight excluding hydrogens is 404 g/mol. The molecule has 31 heavy (non-hydrogen) atoms. The molecule has 0 radical (unpaired) electrons. The van der Waals surface area contributed by atoms with Gasteiger partial charge in [0.15, 0.2) is 0 Å². The van der Waals surface area contributed by atoms with Gasteiger partial charge in [-0.05, 0) is 67.3 Å². The van der Waals surface area contributed by atoms with Crippen LogP contribution in [0.5, 0.6) is 0 Å². The van der Waals surface area contributed by atoms with Gasteiger partial charge >= 0.3 is 0 Å². The van der Waals surface area contributed by atoms with Gasteiger partial charge in [0.1, 0.15) is 10.6 Å². The van der Waals surface area contributed by atoms with E-state index in [9.17, 15) is 9.59 Å². The van der Waals surface area contributed by atoms with E-state index in [1.54, 1.807) is 0 Å². The van der Waals surface area contributed by atoms with Crippen LogP contribution >= 0.6 is 11.8 Å². The average molecular weight is 429 g/mol. The lowest BCUT2D eigenvalue weighted by Crippen LogP contribution is -2.32. The number of nitrogens with one attached hydrogen (secondary N) is 1. The molecule has 4 nitrogen and oxygen atoms in total. The van der Waals surface area contributed by atoms with Crippen molar-refractivity contribution >= 4 is 35.0 Å². The first-order chi connectivity index (χ1) is 15.0. The minimum atomic E-state index is -0.339. The number of imide groups is 1. The highest BCUT2D eigenvalue weighted by molar-refractivity contribution is 8.04. The number of rotatable bonds is 6. The third-order valence-corrected chi connectivity index (χ3v) is 6.35. The van der Waals surface area contributed by atoms with Crippen molar-refractivity contribution in [3.8, 4) is 0 Å². The maximum absolute atomic E-state index is 13.4. The Morgan fingerprint density at radius 3 is 2.26 bits per heavy atom. The molecule has 0 bridgehead atoms. The van der Waals surface area contributed by atoms with E-state index in [-0.39, 0.29) is 11.8 Å². The number of aryl methyl sites for hydroxylation is 3. The second-order valence-corrected chi connectivity index (χ2v) is 8.61. The highest BCUT2D eigenvalue weighted by atomic mass is 32.2. The molecule has 0 unspecified atom stereocenters. The number of thioether (sulfide) groups is 1. The first kappa shape index (κ1) is 20.9. The Morgan fingerprint density at radius 2 is 1.58 bits per heavy atom. The molecule has 1 N–H and O–H groups in total. The third kappa shape index (κ3) is 4.28. The summed E-state index contributed by atoms with van der Waals surface area (Å²) < 4.78 is 0. The molecule has 0 spiro atoms. The first-order valence-electron chi connectivity index (χ1n) is 10.3. The Bertz CT molecular complexity index is 1170. The topological polar surface area (TPSA) is 49.4 Å². The van der Waals surface area contributed by atoms with Crippen molar-refractivity contribution in [1.29, 1.82) is 0 Å². The van der Waals surface area contributed by atoms with Gasteiger partial charge in [-0.25, -0.2) is 4.90 Å². The molecule has 1 aliphatic heterocycles. The molecule has 0 aliphatic carbocycles. The third-order valence-electron chi connectivity index (χ3n) is 5.26. The minimum absolute atomic E-state index is 0.309. The molecule has 156 valence electrons. The summed E-state index contributed by atoms with van der Waals surface area (Å²) in [4.78, 5) is 29.4. The summed E-state index contributed by atoms with van der Waals surface area (Å²) in [5, 5.41) is 3.27. The predicted molar refractivity (Wildman–Crippen MR) is 127 cm³/mol. The van der Waals surface area contributed by atoms with Crippen molar-refractivity contribution in [3.05, 3.63) is 100 Å². The second-order valence-electron chi connectivity index (χ2n) is 7.53. The van der Waals surface area contributed by atoms with Gasteiger partial charge in [0.25, 0.3) is 11.8 Å². The highest BCUT2D eigenvalue weighted by Crippen LogP contribution is 2.38. The van der Waals surface area contributed by atoms with Gasteiger partial charge in [-0.2, -0.15) is 0 Å². The molecule has 0 fully saturated rings. The van der Waals surface area contributed by atoms with Crippen LogP contribution in [0.1, 0.15) is 23.6 Å². The van der Waals surface area contributed by atoms with Gasteiger partial charge in [0.2, 0.25) is 0 Å². The summed E-state index contributed by atoms with van der Waals surface area (Å²) in [6.07, 6.45) is 0.898. The normalized spacial score (nSPS) is 13.8. The Balaban J connectivity index is 1.75. The summed E-state index contributed by atoms with van der Waals surface area (Å²) in [6.45, 7) is 6.06. The van der Waals surface area contributed by atoms with Gasteiger partial charge in [0, 0.05) is 10.6 Å². The Kier molecular flexibility index (Phi) is 5.96. The zero-order valence-corrected chi connectivity index (χ0v) is 18.6. The summed E-state index contributed by atoms with van der Waals surface area (Å²) in [5.74, 6) is -0.649. The van der Waals surface area contributed by atoms with E-state index < -0.39 is 0 Å². The maximum Gasteiger partial charge on any atom is 0.283 e. The SMILES string of the molecule is CCc1ccc(N2C(=O)C(Nc3cc(C)ccc3C)=C(Sc3ccccc3)C2=O)cc1. The lowest BCUT2D eigenvalue weighted by molar-refractivity contribution is -0.120. The lowest BCUT2D eigenvalue weighted by atomic mass is 10.1. The van der Waals surface area contributed by atoms with Gasteiger partial charge in [-0.15, -0.1) is 0 Å². The van der Waals surface area contributed by atoms with Crippen LogP contribution in [0.25, 0.3) is 0 Å². The van der Waals surface area contributed by atoms with Crippen LogP contribution in [0.2, 0.25) is 0 Å². The molecule has 0 atom stereocenters. The van der Waals surface area contributed by atoms with Crippen LogP contribution in [-0.4, -0.2) is 11.8 Å². The first-order valence-corrected chi connectivity index (χ1v) is 11.1. The molecule has 1 heterocycles. The minimum Gasteiger partial charge on any atom is -0.350 e. The molecule has 1 aliphatic rings. The van der Waals surface area contributed by atoms with Crippen molar-refractivity contribution in [2.45, 2.75) is 32.1 Å². The summed E-state index contributed by atoms with van der Waals surface area (Å²) in [7, 11) is 0. The summed E-state index contributed by atoms with van der Waals surface area (Å²) in [5.41, 5.74) is 4.96. The number of nitrogens with zero attached hydrogens (tertiary/aromatic N) is 1. The van der Waals surface area contributed by atoms with Crippen molar-refractivity contribution in [3.63, 3.8) is 0 Å². The van der Waals surface area contributed by atoms with Gasteiger partial charge in [-0.1, -0.05) is 61.2 Å². The largest absolute Gasteiger partial charge is 0.350 e. The smallest absolute Gasteiger partial charge is 0.283 e. The predicted octanol–water partition coefficient (Wildman–Crippen LogP) is 5.86. The fraction of sp³-hybridized carbons (Fsp3) is 0.154. The molecular formula is C26H24N2O2S. The molecule has 0 aromatic heterocycles. The molecule has 5 heteroatoms. The number of amides is 2. The average Bonchev–Trinajstić information content (AvgIpc) is 3.01. The second kappa shape index (κ2) is 8.82. The number of carbonyl (C=O) groups excluding carboxylic acids is 2. The number of carbonyl (C=O) groups is 2. The van der Waals surface area contributed by atoms with E-state index in [4.69, 9.17) is 0 Å². The van der Waals surface area contributed by atoms with Crippen molar-refractivity contribution in [2.24, 2.45) is 0 Å². The van der Waals surface area contributed by atoms with Gasteiger partial charge < -0.3 is 5.32 Å². The van der Waals surface area contributed by atoms with E-state index in [1.165, 1.54) is 16.7 Å². The van der Waals surface area contributed by atoms with Crippen molar-refractivity contribution in [1.82, 2.24) is 0 Å². The summed E-state index contributed by atoms with van der Waals surface area (Å²) >= 11 is 1.31. The molecule has 3 aromatic carbocycles. The van der Waals surface area contributed by atoms with E-state index >= 15 is 0 Å². The van der Waals surface area contributed by atoms with Crippen LogP contribution in [-0.2, 0) is 16.0 Å². The van der Waals surface area contributed by atoms with Crippen molar-refractivity contribution < 1.29 is 9.59 Å². The lowest BCUT2D eigenvalue weighted by Gasteiger charge is -2.16. The fourth-order valence-corrected chi connectivity index (χ4v) is 4.39. The quantitative estimate of drug-likeness (QED) is 0.500. The van der Waals surface area contributed by atoms with Crippen LogP contribution < -0.4 is 10.2 Å². The van der Waals surface area contributed by atoms with Crippen molar-refractivity contribution in [2.75, 3.05) is 10.2 Å². The maximum atomic E-state index is 13.4. The molecule has 2 amide bonds. The monoisotopic (exact) mass is 428 g/mol. The van der Waals surface area contributed by atoms with E-state index in [0.29, 0.717) is 16.3 Å². The Labute approximate surface area is 187 Å². The number of hydrogen-bond donors (Lipinski definition) is 1. The summed E-state index contributed by atoms with van der Waals surface area (Å²) in [6, 6.07) is 23.2. The van der Waals surface area contributed by atoms with E-state index in [2.05, 4.69) is 12.2 Å². The molecule has 4 rings (SSSR count). The molecule has 0 saturated heterocycles. The Hall–Kier alpha value is -3.31. The van der Waals surface area contributed by atoms with Crippen LogP contribution in [0.4, 0.5) is 11.4 Å². The van der Waals surface area contributed by atoms with Gasteiger partial charge in [-0.3, -0.25) is 9.59 Å². The zero-order valence-electron chi connectivity index (χ0n) is 17.8. The standard InChI is InChI=1S/C26H24N2O2S/c1-4-19-12-14-20(15-13-19)28-25(29)23(27-22-16-17(2)10-11-18(22)3)24(26(28)30)31-21-8-6-5-7-9-21/h5-16,27H,4H2,1-3H3. The number of anilines is 2. The van der Waals surface area contributed by atoms with E-state index in [0.717, 1.165) is 33.7 Å². The highest BCUT2D eigenvalue weighted by Gasteiger charge is 2.40. The van der Waals surface area contributed by atoms with Crippen LogP contribution in [0, 0.1) is 13.8 Å². The zero-order chi connectivity index (χ0) is 22.0. The molecule has 0 saturated carbocycles. The van der Waals surface area contributed by atoms with Crippen LogP contribution in [0.15, 0.2) is 88.3 Å². The fourth-order valence-electron chi connectivity index (χ4n) is 3.44. The molecule has 3 aromatic rings. The number of hydrogen-bond acceptors (Lipinski definition) is 4. The number of benzene rings is 3. The van der Waals surface area contributed by atoms with Crippen LogP contribution in [0.3, 0.4) is 0 Å².